The van der Waals surface area contributed by atoms with Gasteiger partial charge in [0.2, 0.25) is 0 Å². The van der Waals surface area contributed by atoms with E-state index in [4.69, 9.17) is 5.73 Å². The number of nitrogens with one attached hydrogen (secondary N) is 1. The monoisotopic (exact) mass is 284 g/mol. The van der Waals surface area contributed by atoms with E-state index in [0.29, 0.717) is 23.6 Å². The molecule has 0 spiro atoms. The normalized spacial score (nSPS) is 11.7. The zero-order chi connectivity index (χ0) is 14.9. The first-order chi connectivity index (χ1) is 9.32. The molecule has 108 valence electrons. The number of benzene rings is 1. The number of hydrogen-bond acceptors (Lipinski definition) is 3. The van der Waals surface area contributed by atoms with Crippen molar-refractivity contribution in [2.24, 2.45) is 7.05 Å². The molecule has 20 heavy (non-hydrogen) atoms. The van der Waals surface area contributed by atoms with Crippen LogP contribution in [-0.2, 0) is 19.6 Å². The maximum Gasteiger partial charge on any atom is 0.416 e. The molecule has 1 aromatic heterocycles. The van der Waals surface area contributed by atoms with Crippen LogP contribution in [0, 0.1) is 0 Å². The lowest BCUT2D eigenvalue weighted by atomic mass is 10.2. The van der Waals surface area contributed by atoms with Crippen LogP contribution < -0.4 is 11.1 Å². The molecule has 2 rings (SSSR count). The number of halogens is 3. The highest BCUT2D eigenvalue weighted by Crippen LogP contribution is 2.31. The molecule has 0 aliphatic heterocycles. The number of nitrogens with two attached hydrogens (primary N) is 1. The molecule has 1 heterocycles. The summed E-state index contributed by atoms with van der Waals surface area (Å²) in [5.41, 5.74) is 7.04. The van der Waals surface area contributed by atoms with Crippen LogP contribution in [0.3, 0.4) is 0 Å². The van der Waals surface area contributed by atoms with Crippen molar-refractivity contribution in [2.45, 2.75) is 19.5 Å². The molecule has 0 amide bonds. The first-order valence-corrected chi connectivity index (χ1v) is 6.08. The largest absolute Gasteiger partial charge is 0.416 e. The molecule has 0 fully saturated rings. The third-order valence-corrected chi connectivity index (χ3v) is 2.97. The van der Waals surface area contributed by atoms with Gasteiger partial charge < -0.3 is 11.1 Å². The Bertz CT molecular complexity index is 599. The molecule has 0 atom stereocenters. The van der Waals surface area contributed by atoms with E-state index in [1.54, 1.807) is 11.7 Å². The van der Waals surface area contributed by atoms with E-state index < -0.39 is 11.7 Å². The van der Waals surface area contributed by atoms with E-state index in [1.807, 2.05) is 6.92 Å². The summed E-state index contributed by atoms with van der Waals surface area (Å²) >= 11 is 0. The predicted octanol–water partition coefficient (Wildman–Crippen LogP) is 3.33. The second-order valence-electron chi connectivity index (χ2n) is 4.39. The van der Waals surface area contributed by atoms with Crippen LogP contribution in [0.1, 0.15) is 18.2 Å². The van der Waals surface area contributed by atoms with E-state index >= 15 is 0 Å². The molecule has 0 radical (unpaired) electrons. The van der Waals surface area contributed by atoms with Crippen molar-refractivity contribution >= 4 is 17.2 Å². The minimum Gasteiger partial charge on any atom is -0.394 e. The minimum atomic E-state index is -4.33. The number of alkyl halides is 3. The van der Waals surface area contributed by atoms with Gasteiger partial charge in [0, 0.05) is 12.7 Å². The molecule has 0 saturated carbocycles. The Kier molecular flexibility index (Phi) is 3.61. The summed E-state index contributed by atoms with van der Waals surface area (Å²) in [6.07, 6.45) is -3.65. The Hall–Kier alpha value is -2.18. The van der Waals surface area contributed by atoms with Gasteiger partial charge in [-0.3, -0.25) is 4.68 Å². The molecule has 0 unspecified atom stereocenters. The maximum atomic E-state index is 12.5. The van der Waals surface area contributed by atoms with Gasteiger partial charge in [0.05, 0.1) is 16.9 Å². The molecular formula is C13H15F3N4. The van der Waals surface area contributed by atoms with Crippen molar-refractivity contribution in [1.82, 2.24) is 9.78 Å². The fourth-order valence-electron chi connectivity index (χ4n) is 1.88. The lowest BCUT2D eigenvalue weighted by Crippen LogP contribution is -2.05. The second kappa shape index (κ2) is 5.07. The topological polar surface area (TPSA) is 55.9 Å². The molecule has 0 aliphatic carbocycles. The van der Waals surface area contributed by atoms with Crippen LogP contribution >= 0.6 is 0 Å². The standard InChI is InChI=1S/C13H15F3N4/c1-3-10-11(17)12(20(2)19-10)18-9-6-4-8(5-7-9)13(14,15)16/h4-7,18H,3,17H2,1-2H3. The summed E-state index contributed by atoms with van der Waals surface area (Å²) in [4.78, 5) is 0. The van der Waals surface area contributed by atoms with E-state index in [0.717, 1.165) is 17.8 Å². The van der Waals surface area contributed by atoms with E-state index in [2.05, 4.69) is 10.4 Å². The number of aryl methyl sites for hydroxylation is 2. The highest BCUT2D eigenvalue weighted by molar-refractivity contribution is 5.71. The summed E-state index contributed by atoms with van der Waals surface area (Å²) in [5.74, 6) is 0.571. The molecule has 7 heteroatoms. The Morgan fingerprint density at radius 3 is 2.30 bits per heavy atom. The molecule has 2 aromatic rings. The van der Waals surface area contributed by atoms with Crippen LogP contribution in [0.25, 0.3) is 0 Å². The summed E-state index contributed by atoms with van der Waals surface area (Å²) in [5, 5.41) is 7.21. The predicted molar refractivity (Wildman–Crippen MR) is 71.7 cm³/mol. The number of anilines is 3. The van der Waals surface area contributed by atoms with Crippen molar-refractivity contribution in [3.05, 3.63) is 35.5 Å². The number of nitrogen functional groups attached to an aromatic ring is 1. The first-order valence-electron chi connectivity index (χ1n) is 6.08. The summed E-state index contributed by atoms with van der Waals surface area (Å²) < 4.78 is 39.0. The lowest BCUT2D eigenvalue weighted by Gasteiger charge is -2.10. The zero-order valence-corrected chi connectivity index (χ0v) is 11.1. The van der Waals surface area contributed by atoms with E-state index in [9.17, 15) is 13.2 Å². The van der Waals surface area contributed by atoms with Gasteiger partial charge in [-0.2, -0.15) is 18.3 Å². The van der Waals surface area contributed by atoms with Crippen LogP contribution in [0.2, 0.25) is 0 Å². The molecule has 4 nitrogen and oxygen atoms in total. The smallest absolute Gasteiger partial charge is 0.394 e. The van der Waals surface area contributed by atoms with Crippen LogP contribution in [0.5, 0.6) is 0 Å². The SMILES string of the molecule is CCc1nn(C)c(Nc2ccc(C(F)(F)F)cc2)c1N. The Morgan fingerprint density at radius 2 is 1.85 bits per heavy atom. The summed E-state index contributed by atoms with van der Waals surface area (Å²) in [7, 11) is 1.72. The van der Waals surface area contributed by atoms with Crippen molar-refractivity contribution in [3.8, 4) is 0 Å². The highest BCUT2D eigenvalue weighted by atomic mass is 19.4. The Morgan fingerprint density at radius 1 is 1.25 bits per heavy atom. The highest BCUT2D eigenvalue weighted by Gasteiger charge is 2.30. The fourth-order valence-corrected chi connectivity index (χ4v) is 1.88. The van der Waals surface area contributed by atoms with Gasteiger partial charge in [-0.25, -0.2) is 0 Å². The minimum absolute atomic E-state index is 0.509. The molecule has 3 N–H and O–H groups in total. The van der Waals surface area contributed by atoms with Crippen molar-refractivity contribution in [1.29, 1.82) is 0 Å². The van der Waals surface area contributed by atoms with Gasteiger partial charge >= 0.3 is 6.18 Å². The third-order valence-electron chi connectivity index (χ3n) is 2.97. The molecule has 0 saturated heterocycles. The fraction of sp³-hybridized carbons (Fsp3) is 0.308. The summed E-state index contributed by atoms with van der Waals surface area (Å²) in [6, 6.07) is 4.77. The van der Waals surface area contributed by atoms with E-state index in [1.165, 1.54) is 12.1 Å². The number of aromatic nitrogens is 2. The van der Waals surface area contributed by atoms with Crippen molar-refractivity contribution in [3.63, 3.8) is 0 Å². The Balaban J connectivity index is 2.25. The van der Waals surface area contributed by atoms with Gasteiger partial charge in [-0.05, 0) is 30.7 Å². The number of rotatable bonds is 3. The average Bonchev–Trinajstić information content (AvgIpc) is 2.66. The van der Waals surface area contributed by atoms with Crippen molar-refractivity contribution in [2.75, 3.05) is 11.1 Å². The maximum absolute atomic E-state index is 12.5. The van der Waals surface area contributed by atoms with Crippen LogP contribution in [0.15, 0.2) is 24.3 Å². The zero-order valence-electron chi connectivity index (χ0n) is 11.1. The lowest BCUT2D eigenvalue weighted by molar-refractivity contribution is -0.137. The van der Waals surface area contributed by atoms with Gasteiger partial charge in [0.1, 0.15) is 0 Å². The Labute approximate surface area is 114 Å². The van der Waals surface area contributed by atoms with Crippen LogP contribution in [0.4, 0.5) is 30.4 Å². The quantitative estimate of drug-likeness (QED) is 0.909. The third kappa shape index (κ3) is 2.71. The van der Waals surface area contributed by atoms with Gasteiger partial charge in [-0.15, -0.1) is 0 Å². The van der Waals surface area contributed by atoms with E-state index in [-0.39, 0.29) is 0 Å². The molecule has 0 aliphatic rings. The van der Waals surface area contributed by atoms with Gasteiger partial charge in [0.15, 0.2) is 5.82 Å². The van der Waals surface area contributed by atoms with Crippen molar-refractivity contribution < 1.29 is 13.2 Å². The molecular weight excluding hydrogens is 269 g/mol. The van der Waals surface area contributed by atoms with Crippen LogP contribution in [-0.4, -0.2) is 9.78 Å². The number of hydrogen-bond donors (Lipinski definition) is 2. The average molecular weight is 284 g/mol. The second-order valence-corrected chi connectivity index (χ2v) is 4.39. The number of nitrogens with zero attached hydrogens (tertiary/aromatic N) is 2. The summed E-state index contributed by atoms with van der Waals surface area (Å²) in [6.45, 7) is 1.93. The van der Waals surface area contributed by atoms with Gasteiger partial charge in [0.25, 0.3) is 0 Å². The first kappa shape index (κ1) is 14.2. The molecule has 1 aromatic carbocycles. The van der Waals surface area contributed by atoms with Gasteiger partial charge in [-0.1, -0.05) is 6.92 Å². The molecule has 0 bridgehead atoms.